The van der Waals surface area contributed by atoms with Crippen LogP contribution < -0.4 is 10.6 Å². The third-order valence-corrected chi connectivity index (χ3v) is 2.45. The van der Waals surface area contributed by atoms with Crippen LogP contribution in [-0.4, -0.2) is 40.9 Å². The van der Waals surface area contributed by atoms with Crippen LogP contribution in [0.25, 0.3) is 0 Å². The Bertz CT molecular complexity index is 256. The number of amides is 2. The summed E-state index contributed by atoms with van der Waals surface area (Å²) in [6.07, 6.45) is 0.953. The van der Waals surface area contributed by atoms with Gasteiger partial charge in [-0.3, -0.25) is 0 Å². The van der Waals surface area contributed by atoms with Crippen LogP contribution in [0.4, 0.5) is 4.79 Å². The van der Waals surface area contributed by atoms with Gasteiger partial charge in [0.05, 0.1) is 0 Å². The van der Waals surface area contributed by atoms with Crippen molar-refractivity contribution in [3.05, 3.63) is 0 Å². The van der Waals surface area contributed by atoms with Crippen molar-refractivity contribution in [2.75, 3.05) is 6.61 Å². The maximum atomic E-state index is 11.3. The lowest BCUT2D eigenvalue weighted by Gasteiger charge is -2.13. The molecule has 2 amide bonds. The van der Waals surface area contributed by atoms with Gasteiger partial charge in [0.15, 0.2) is 0 Å². The summed E-state index contributed by atoms with van der Waals surface area (Å²) >= 11 is 0. The minimum Gasteiger partial charge on any atom is -0.480 e. The first-order valence-electron chi connectivity index (χ1n) is 4.95. The Labute approximate surface area is 87.7 Å². The first-order chi connectivity index (χ1) is 7.04. The van der Waals surface area contributed by atoms with E-state index >= 15 is 0 Å². The van der Waals surface area contributed by atoms with E-state index < -0.39 is 18.0 Å². The van der Waals surface area contributed by atoms with E-state index in [1.807, 2.05) is 6.92 Å². The van der Waals surface area contributed by atoms with Crippen LogP contribution in [0.1, 0.15) is 19.8 Å². The molecule has 0 saturated heterocycles. The van der Waals surface area contributed by atoms with Crippen molar-refractivity contribution < 1.29 is 19.8 Å². The first-order valence-corrected chi connectivity index (χ1v) is 4.95. The maximum absolute atomic E-state index is 11.3. The molecule has 6 nitrogen and oxygen atoms in total. The molecule has 1 saturated carbocycles. The number of carbonyl (C=O) groups excluding carboxylic acids is 1. The van der Waals surface area contributed by atoms with E-state index in [4.69, 9.17) is 10.2 Å². The molecule has 0 spiro atoms. The molecule has 3 atom stereocenters. The summed E-state index contributed by atoms with van der Waals surface area (Å²) in [5.41, 5.74) is 0. The highest BCUT2D eigenvalue weighted by Crippen LogP contribution is 2.28. The second-order valence-electron chi connectivity index (χ2n) is 3.84. The van der Waals surface area contributed by atoms with Gasteiger partial charge in [0.1, 0.15) is 6.04 Å². The normalized spacial score (nSPS) is 25.5. The summed E-state index contributed by atoms with van der Waals surface area (Å²) in [5, 5.41) is 22.3. The van der Waals surface area contributed by atoms with Crippen molar-refractivity contribution in [3.63, 3.8) is 0 Å². The lowest BCUT2D eigenvalue weighted by atomic mass is 10.2. The van der Waals surface area contributed by atoms with Gasteiger partial charge in [-0.2, -0.15) is 0 Å². The summed E-state index contributed by atoms with van der Waals surface area (Å²) in [6.45, 7) is 1.74. The average Bonchev–Trinajstić information content (AvgIpc) is 2.80. The van der Waals surface area contributed by atoms with Gasteiger partial charge in [0.2, 0.25) is 0 Å². The van der Waals surface area contributed by atoms with E-state index in [9.17, 15) is 9.59 Å². The van der Waals surface area contributed by atoms with Crippen LogP contribution in [0.3, 0.4) is 0 Å². The molecule has 1 aliphatic carbocycles. The highest BCUT2D eigenvalue weighted by molar-refractivity contribution is 5.82. The molecule has 6 heteroatoms. The monoisotopic (exact) mass is 216 g/mol. The molecule has 0 radical (unpaired) electrons. The van der Waals surface area contributed by atoms with E-state index in [0.717, 1.165) is 6.42 Å². The van der Waals surface area contributed by atoms with Crippen molar-refractivity contribution in [2.45, 2.75) is 31.8 Å². The Hall–Kier alpha value is -1.30. The van der Waals surface area contributed by atoms with Gasteiger partial charge >= 0.3 is 12.0 Å². The maximum Gasteiger partial charge on any atom is 0.326 e. The Morgan fingerprint density at radius 3 is 2.53 bits per heavy atom. The highest BCUT2D eigenvalue weighted by Gasteiger charge is 2.34. The summed E-state index contributed by atoms with van der Waals surface area (Å²) in [5.74, 6) is -0.667. The van der Waals surface area contributed by atoms with Crippen molar-refractivity contribution in [1.29, 1.82) is 0 Å². The lowest BCUT2D eigenvalue weighted by molar-refractivity contribution is -0.139. The van der Waals surface area contributed by atoms with Crippen LogP contribution in [0.5, 0.6) is 0 Å². The minimum absolute atomic E-state index is 0.0168. The van der Waals surface area contributed by atoms with E-state index in [0.29, 0.717) is 5.92 Å². The first kappa shape index (κ1) is 11.8. The molecule has 0 aromatic rings. The van der Waals surface area contributed by atoms with Crippen LogP contribution in [0.15, 0.2) is 0 Å². The molecular formula is C9H16N2O4. The Kier molecular flexibility index (Phi) is 3.90. The molecule has 0 aliphatic heterocycles. The van der Waals surface area contributed by atoms with Crippen LogP contribution in [0.2, 0.25) is 0 Å². The van der Waals surface area contributed by atoms with Gasteiger partial charge in [-0.1, -0.05) is 6.92 Å². The number of rotatable bonds is 5. The zero-order valence-electron chi connectivity index (χ0n) is 8.56. The fourth-order valence-corrected chi connectivity index (χ4v) is 1.28. The molecule has 1 fully saturated rings. The lowest BCUT2D eigenvalue weighted by Crippen LogP contribution is -2.47. The zero-order chi connectivity index (χ0) is 11.4. The number of aliphatic hydroxyl groups excluding tert-OH is 1. The van der Waals surface area contributed by atoms with Gasteiger partial charge in [-0.25, -0.2) is 9.59 Å². The Balaban J connectivity index is 2.30. The molecule has 2 unspecified atom stereocenters. The number of aliphatic hydroxyl groups is 1. The zero-order valence-corrected chi connectivity index (χ0v) is 8.56. The number of carbonyl (C=O) groups is 2. The van der Waals surface area contributed by atoms with E-state index in [-0.39, 0.29) is 19.1 Å². The number of hydrogen-bond acceptors (Lipinski definition) is 3. The van der Waals surface area contributed by atoms with Crippen LogP contribution >= 0.6 is 0 Å². The van der Waals surface area contributed by atoms with Crippen molar-refractivity contribution in [3.8, 4) is 0 Å². The summed E-state index contributed by atoms with van der Waals surface area (Å²) in [6, 6.07) is -1.34. The standard InChI is InChI=1S/C9H16N2O4/c1-5-4-7(5)11-9(15)10-6(2-3-12)8(13)14/h5-7,12H,2-4H2,1H3,(H,13,14)(H2,10,11,15)/t5?,6-,7?/m0/s1. The number of nitrogens with one attached hydrogen (secondary N) is 2. The molecule has 0 heterocycles. The number of aliphatic carboxylic acids is 1. The molecule has 0 aromatic carbocycles. The molecule has 0 aromatic heterocycles. The second kappa shape index (κ2) is 4.97. The quantitative estimate of drug-likeness (QED) is 0.499. The van der Waals surface area contributed by atoms with Gasteiger partial charge in [0.25, 0.3) is 0 Å². The molecule has 0 bridgehead atoms. The minimum atomic E-state index is -1.14. The fourth-order valence-electron chi connectivity index (χ4n) is 1.28. The topological polar surface area (TPSA) is 98.7 Å². The van der Waals surface area contributed by atoms with Crippen LogP contribution in [-0.2, 0) is 4.79 Å². The Morgan fingerprint density at radius 1 is 1.53 bits per heavy atom. The summed E-state index contributed by atoms with van der Waals surface area (Å²) < 4.78 is 0. The summed E-state index contributed by atoms with van der Waals surface area (Å²) in [4.78, 5) is 21.9. The molecule has 1 rings (SSSR count). The summed E-state index contributed by atoms with van der Waals surface area (Å²) in [7, 11) is 0. The third kappa shape index (κ3) is 3.75. The van der Waals surface area contributed by atoms with Gasteiger partial charge in [-0.05, 0) is 12.3 Å². The van der Waals surface area contributed by atoms with E-state index in [2.05, 4.69) is 10.6 Å². The highest BCUT2D eigenvalue weighted by atomic mass is 16.4. The second-order valence-corrected chi connectivity index (χ2v) is 3.84. The fraction of sp³-hybridized carbons (Fsp3) is 0.778. The molecule has 86 valence electrons. The average molecular weight is 216 g/mol. The Morgan fingerprint density at radius 2 is 2.13 bits per heavy atom. The third-order valence-electron chi connectivity index (χ3n) is 2.45. The van der Waals surface area contributed by atoms with E-state index in [1.54, 1.807) is 0 Å². The van der Waals surface area contributed by atoms with Crippen molar-refractivity contribution in [1.82, 2.24) is 10.6 Å². The predicted octanol–water partition coefficient (Wildman–Crippen LogP) is -0.470. The SMILES string of the molecule is CC1CC1NC(=O)N[C@@H](CCO)C(=O)O. The van der Waals surface area contributed by atoms with Gasteiger partial charge in [-0.15, -0.1) is 0 Å². The molecular weight excluding hydrogens is 200 g/mol. The number of hydrogen-bond donors (Lipinski definition) is 4. The molecule has 4 N–H and O–H groups in total. The van der Waals surface area contributed by atoms with Crippen LogP contribution in [0, 0.1) is 5.92 Å². The van der Waals surface area contributed by atoms with Crippen molar-refractivity contribution >= 4 is 12.0 Å². The number of urea groups is 1. The number of carboxylic acid groups (broad SMARTS) is 1. The predicted molar refractivity (Wildman–Crippen MR) is 52.4 cm³/mol. The molecule has 15 heavy (non-hydrogen) atoms. The molecule has 1 aliphatic rings. The van der Waals surface area contributed by atoms with Crippen molar-refractivity contribution in [2.24, 2.45) is 5.92 Å². The smallest absolute Gasteiger partial charge is 0.326 e. The number of carboxylic acids is 1. The van der Waals surface area contributed by atoms with Gasteiger partial charge < -0.3 is 20.8 Å². The van der Waals surface area contributed by atoms with E-state index in [1.165, 1.54) is 0 Å². The largest absolute Gasteiger partial charge is 0.480 e. The van der Waals surface area contributed by atoms with Gasteiger partial charge in [0, 0.05) is 19.1 Å².